The molecule has 3 nitrogen and oxygen atoms in total. The van der Waals surface area contributed by atoms with E-state index in [2.05, 4.69) is 13.8 Å². The third-order valence-electron chi connectivity index (χ3n) is 3.62. The highest BCUT2D eigenvalue weighted by Crippen LogP contribution is 2.27. The number of likely N-dealkylation sites (tertiary alicyclic amines) is 1. The number of halogens is 1. The van der Waals surface area contributed by atoms with Gasteiger partial charge in [-0.3, -0.25) is 4.79 Å². The summed E-state index contributed by atoms with van der Waals surface area (Å²) in [7, 11) is 0. The van der Waals surface area contributed by atoms with Crippen molar-refractivity contribution in [3.8, 4) is 0 Å². The molecule has 0 aromatic carbocycles. The first-order chi connectivity index (χ1) is 6.75. The maximum Gasteiger partial charge on any atom is 0.240 e. The van der Waals surface area contributed by atoms with Crippen LogP contribution in [0, 0.1) is 11.3 Å². The van der Waals surface area contributed by atoms with Crippen LogP contribution in [-0.4, -0.2) is 29.4 Å². The summed E-state index contributed by atoms with van der Waals surface area (Å²) >= 11 is 0. The fraction of sp³-hybridized carbons (Fsp3) is 0.917. The van der Waals surface area contributed by atoms with E-state index in [1.807, 2.05) is 25.7 Å². The van der Waals surface area contributed by atoms with E-state index in [9.17, 15) is 4.79 Å². The van der Waals surface area contributed by atoms with Crippen LogP contribution < -0.4 is 5.73 Å². The van der Waals surface area contributed by atoms with Crippen LogP contribution in [0.15, 0.2) is 0 Å². The van der Waals surface area contributed by atoms with E-state index in [0.717, 1.165) is 13.0 Å². The van der Waals surface area contributed by atoms with Crippen molar-refractivity contribution in [3.05, 3.63) is 0 Å². The minimum absolute atomic E-state index is 0. The van der Waals surface area contributed by atoms with Crippen molar-refractivity contribution in [2.75, 3.05) is 6.54 Å². The van der Waals surface area contributed by atoms with E-state index >= 15 is 0 Å². The molecule has 0 radical (unpaired) electrons. The first-order valence-corrected chi connectivity index (χ1v) is 5.81. The molecule has 0 aliphatic carbocycles. The molecule has 2 unspecified atom stereocenters. The van der Waals surface area contributed by atoms with Gasteiger partial charge in [-0.25, -0.2) is 0 Å². The molecule has 1 saturated heterocycles. The van der Waals surface area contributed by atoms with Crippen molar-refractivity contribution in [1.82, 2.24) is 4.90 Å². The quantitative estimate of drug-likeness (QED) is 0.772. The zero-order valence-electron chi connectivity index (χ0n) is 11.0. The zero-order chi connectivity index (χ0) is 11.8. The van der Waals surface area contributed by atoms with Gasteiger partial charge in [-0.15, -0.1) is 12.4 Å². The average molecular weight is 249 g/mol. The van der Waals surface area contributed by atoms with E-state index in [1.54, 1.807) is 0 Å². The molecule has 0 bridgehead atoms. The second kappa shape index (κ2) is 5.37. The Morgan fingerprint density at radius 3 is 2.19 bits per heavy atom. The molecule has 3 atom stereocenters. The van der Waals surface area contributed by atoms with Crippen molar-refractivity contribution >= 4 is 18.3 Å². The summed E-state index contributed by atoms with van der Waals surface area (Å²) in [5, 5.41) is 0. The lowest BCUT2D eigenvalue weighted by molar-refractivity contribution is -0.135. The number of amides is 1. The molecule has 0 aromatic heterocycles. The van der Waals surface area contributed by atoms with Gasteiger partial charge in [0.1, 0.15) is 0 Å². The van der Waals surface area contributed by atoms with Crippen molar-refractivity contribution in [1.29, 1.82) is 0 Å². The van der Waals surface area contributed by atoms with Gasteiger partial charge in [0, 0.05) is 12.6 Å². The van der Waals surface area contributed by atoms with Gasteiger partial charge in [0.05, 0.1) is 6.04 Å². The molecule has 2 N–H and O–H groups in total. The van der Waals surface area contributed by atoms with Crippen molar-refractivity contribution in [3.63, 3.8) is 0 Å². The minimum atomic E-state index is -0.384. The molecule has 1 aliphatic heterocycles. The maximum atomic E-state index is 12.1. The standard InChI is InChI=1S/C12H24N2O.ClH/c1-8-6-7-14(9(8)2)11(15)10(13)12(3,4)5;/h8-10H,6-7,13H2,1-5H3;1H/t8?,9?,10-;/m1./s1. The summed E-state index contributed by atoms with van der Waals surface area (Å²) in [6.45, 7) is 11.2. The third kappa shape index (κ3) is 3.11. The first kappa shape index (κ1) is 15.7. The molecule has 1 heterocycles. The Balaban J connectivity index is 0.00000225. The van der Waals surface area contributed by atoms with E-state index < -0.39 is 0 Å². The smallest absolute Gasteiger partial charge is 0.240 e. The number of carbonyl (C=O) groups excluding carboxylic acids is 1. The molecule has 0 saturated carbocycles. The molecule has 0 spiro atoms. The lowest BCUT2D eigenvalue weighted by Crippen LogP contribution is -2.51. The van der Waals surface area contributed by atoms with Gasteiger partial charge in [-0.1, -0.05) is 27.7 Å². The van der Waals surface area contributed by atoms with Crippen LogP contribution in [0.3, 0.4) is 0 Å². The van der Waals surface area contributed by atoms with Gasteiger partial charge in [-0.2, -0.15) is 0 Å². The molecular weight excluding hydrogens is 224 g/mol. The SMILES string of the molecule is CC1CCN(C(=O)[C@@H](N)C(C)(C)C)C1C.Cl. The molecule has 96 valence electrons. The maximum absolute atomic E-state index is 12.1. The molecule has 4 heteroatoms. The lowest BCUT2D eigenvalue weighted by atomic mass is 9.86. The van der Waals surface area contributed by atoms with Crippen molar-refractivity contribution in [2.45, 2.75) is 53.1 Å². The Morgan fingerprint density at radius 2 is 1.88 bits per heavy atom. The fourth-order valence-electron chi connectivity index (χ4n) is 1.95. The number of carbonyl (C=O) groups is 1. The van der Waals surface area contributed by atoms with E-state index in [0.29, 0.717) is 12.0 Å². The van der Waals surface area contributed by atoms with E-state index in [-0.39, 0.29) is 29.8 Å². The monoisotopic (exact) mass is 248 g/mol. The number of hydrogen-bond acceptors (Lipinski definition) is 2. The van der Waals surface area contributed by atoms with Gasteiger partial charge in [0.2, 0.25) is 5.91 Å². The molecule has 1 amide bonds. The lowest BCUT2D eigenvalue weighted by Gasteiger charge is -2.32. The first-order valence-electron chi connectivity index (χ1n) is 5.81. The molecule has 1 fully saturated rings. The zero-order valence-corrected chi connectivity index (χ0v) is 11.8. The predicted octanol–water partition coefficient (Wildman–Crippen LogP) is 2.04. The Bertz CT molecular complexity index is 250. The summed E-state index contributed by atoms with van der Waals surface area (Å²) in [6, 6.07) is -0.0452. The normalized spacial score (nSPS) is 27.5. The van der Waals surface area contributed by atoms with Crippen LogP contribution in [-0.2, 0) is 4.79 Å². The summed E-state index contributed by atoms with van der Waals surface area (Å²) in [5.41, 5.74) is 5.84. The predicted molar refractivity (Wildman–Crippen MR) is 69.6 cm³/mol. The Morgan fingerprint density at radius 1 is 1.38 bits per heavy atom. The topological polar surface area (TPSA) is 46.3 Å². The van der Waals surface area contributed by atoms with Crippen LogP contribution in [0.5, 0.6) is 0 Å². The summed E-state index contributed by atoms with van der Waals surface area (Å²) in [6.07, 6.45) is 1.10. The van der Waals surface area contributed by atoms with Crippen LogP contribution >= 0.6 is 12.4 Å². The third-order valence-corrected chi connectivity index (χ3v) is 3.62. The number of hydrogen-bond donors (Lipinski definition) is 1. The minimum Gasteiger partial charge on any atom is -0.338 e. The highest BCUT2D eigenvalue weighted by molar-refractivity contribution is 5.85. The van der Waals surface area contributed by atoms with E-state index in [4.69, 9.17) is 5.73 Å². The van der Waals surface area contributed by atoms with Crippen LogP contribution in [0.1, 0.15) is 41.0 Å². The van der Waals surface area contributed by atoms with Crippen LogP contribution in [0.2, 0.25) is 0 Å². The Hall–Kier alpha value is -0.280. The van der Waals surface area contributed by atoms with Crippen molar-refractivity contribution < 1.29 is 4.79 Å². The largest absolute Gasteiger partial charge is 0.338 e. The molecule has 1 rings (SSSR count). The summed E-state index contributed by atoms with van der Waals surface area (Å²) in [5.74, 6) is 0.709. The van der Waals surface area contributed by atoms with Crippen LogP contribution in [0.25, 0.3) is 0 Å². The Kier molecular flexibility index (Phi) is 5.27. The summed E-state index contributed by atoms with van der Waals surface area (Å²) < 4.78 is 0. The highest BCUT2D eigenvalue weighted by atomic mass is 35.5. The molecular formula is C12H25ClN2O. The molecule has 1 aliphatic rings. The van der Waals surface area contributed by atoms with E-state index in [1.165, 1.54) is 0 Å². The molecule has 0 aromatic rings. The summed E-state index contributed by atoms with van der Waals surface area (Å²) in [4.78, 5) is 14.1. The Labute approximate surface area is 105 Å². The fourth-order valence-corrected chi connectivity index (χ4v) is 1.95. The number of rotatable bonds is 1. The molecule has 16 heavy (non-hydrogen) atoms. The number of nitrogens with two attached hydrogens (primary N) is 1. The van der Waals surface area contributed by atoms with Gasteiger partial charge in [-0.05, 0) is 24.7 Å². The van der Waals surface area contributed by atoms with Gasteiger partial charge < -0.3 is 10.6 Å². The number of nitrogens with zero attached hydrogens (tertiary/aromatic N) is 1. The van der Waals surface area contributed by atoms with Gasteiger partial charge in [0.15, 0.2) is 0 Å². The second-order valence-corrected chi connectivity index (χ2v) is 5.88. The van der Waals surface area contributed by atoms with Gasteiger partial charge in [0.25, 0.3) is 0 Å². The van der Waals surface area contributed by atoms with Gasteiger partial charge >= 0.3 is 0 Å². The average Bonchev–Trinajstić information content (AvgIpc) is 2.44. The van der Waals surface area contributed by atoms with Crippen LogP contribution in [0.4, 0.5) is 0 Å². The highest BCUT2D eigenvalue weighted by Gasteiger charge is 2.37. The van der Waals surface area contributed by atoms with Crippen molar-refractivity contribution in [2.24, 2.45) is 17.1 Å². The second-order valence-electron chi connectivity index (χ2n) is 5.88.